The summed E-state index contributed by atoms with van der Waals surface area (Å²) in [5, 5.41) is 15.2. The van der Waals surface area contributed by atoms with Gasteiger partial charge in [-0.25, -0.2) is 4.39 Å². The normalized spacial score (nSPS) is 12.2. The van der Waals surface area contributed by atoms with E-state index in [0.717, 1.165) is 12.0 Å². The maximum atomic E-state index is 13.7. The second-order valence-corrected chi connectivity index (χ2v) is 8.14. The number of aromatic nitrogens is 2. The van der Waals surface area contributed by atoms with Crippen LogP contribution in [-0.2, 0) is 16.8 Å². The van der Waals surface area contributed by atoms with Crippen molar-refractivity contribution in [2.75, 3.05) is 0 Å². The van der Waals surface area contributed by atoms with Crippen molar-refractivity contribution in [2.24, 2.45) is 0 Å². The molecule has 0 aliphatic carbocycles. The molecule has 172 valence electrons. The lowest BCUT2D eigenvalue weighted by molar-refractivity contribution is -0.124. The number of amides is 1. The highest BCUT2D eigenvalue weighted by Gasteiger charge is 2.42. The van der Waals surface area contributed by atoms with Crippen molar-refractivity contribution in [2.45, 2.75) is 30.9 Å². The van der Waals surface area contributed by atoms with Gasteiger partial charge >= 0.3 is 0 Å². The molecule has 0 radical (unpaired) electrons. The van der Waals surface area contributed by atoms with E-state index >= 15 is 0 Å². The molecule has 0 saturated heterocycles. The minimum absolute atomic E-state index is 0.212. The van der Waals surface area contributed by atoms with E-state index in [2.05, 4.69) is 15.3 Å². The third-order valence-corrected chi connectivity index (χ3v) is 5.84. The van der Waals surface area contributed by atoms with Crippen LogP contribution in [0.2, 0.25) is 0 Å². The zero-order valence-electron chi connectivity index (χ0n) is 18.6. The third kappa shape index (κ3) is 5.35. The highest BCUT2D eigenvalue weighted by Crippen LogP contribution is 2.40. The predicted molar refractivity (Wildman–Crippen MR) is 128 cm³/mol. The van der Waals surface area contributed by atoms with Gasteiger partial charge in [-0.15, -0.1) is 0 Å². The van der Waals surface area contributed by atoms with Crippen LogP contribution in [-0.4, -0.2) is 21.0 Å². The van der Waals surface area contributed by atoms with Gasteiger partial charge in [0.05, 0.1) is 6.04 Å². The highest BCUT2D eigenvalue weighted by molar-refractivity contribution is 5.77. The van der Waals surface area contributed by atoms with Crippen molar-refractivity contribution in [3.05, 3.63) is 132 Å². The second kappa shape index (κ2) is 10.8. The topological polar surface area (TPSA) is 75.1 Å². The van der Waals surface area contributed by atoms with Crippen molar-refractivity contribution in [1.82, 2.24) is 15.3 Å². The molecule has 0 bridgehead atoms. The van der Waals surface area contributed by atoms with E-state index < -0.39 is 17.5 Å². The first kappa shape index (κ1) is 23.3. The molecule has 34 heavy (non-hydrogen) atoms. The molecular weight excluding hydrogens is 429 g/mol. The predicted octanol–water partition coefficient (Wildman–Crippen LogP) is 4.73. The van der Waals surface area contributed by atoms with Gasteiger partial charge in [-0.05, 0) is 48.2 Å². The van der Waals surface area contributed by atoms with Gasteiger partial charge in [-0.2, -0.15) is 0 Å². The summed E-state index contributed by atoms with van der Waals surface area (Å²) in [7, 11) is 0. The molecule has 2 N–H and O–H groups in total. The molecule has 0 saturated carbocycles. The van der Waals surface area contributed by atoms with Gasteiger partial charge in [0.25, 0.3) is 0 Å². The summed E-state index contributed by atoms with van der Waals surface area (Å²) < 4.78 is 13.7. The average Bonchev–Trinajstić information content (AvgIpc) is 2.89. The summed E-state index contributed by atoms with van der Waals surface area (Å²) in [6.07, 6.45) is 8.05. The van der Waals surface area contributed by atoms with Crippen LogP contribution in [0, 0.1) is 5.82 Å². The Hall–Kier alpha value is -3.90. The maximum absolute atomic E-state index is 13.7. The number of aliphatic hydroxyl groups is 1. The highest BCUT2D eigenvalue weighted by atomic mass is 19.1. The molecule has 2 aromatic heterocycles. The van der Waals surface area contributed by atoms with Crippen molar-refractivity contribution >= 4 is 5.91 Å². The SMILES string of the molecule is O=C(CCCc1ccccc1)N[C@H](c1ccc(F)cc1)C(O)(c1cccnc1)c1cccnc1. The smallest absolute Gasteiger partial charge is 0.220 e. The number of carbonyl (C=O) groups is 1. The summed E-state index contributed by atoms with van der Waals surface area (Å²) in [5.74, 6) is -0.612. The molecule has 1 atom stereocenters. The molecule has 0 fully saturated rings. The molecule has 0 spiro atoms. The summed E-state index contributed by atoms with van der Waals surface area (Å²) in [6, 6.07) is 21.8. The van der Waals surface area contributed by atoms with Crippen LogP contribution in [0.3, 0.4) is 0 Å². The van der Waals surface area contributed by atoms with Crippen molar-refractivity contribution in [3.8, 4) is 0 Å². The first-order valence-corrected chi connectivity index (χ1v) is 11.2. The molecule has 0 aliphatic heterocycles. The molecule has 5 nitrogen and oxygen atoms in total. The Morgan fingerprint density at radius 2 is 1.50 bits per heavy atom. The van der Waals surface area contributed by atoms with Gasteiger partial charge in [0.2, 0.25) is 5.91 Å². The van der Waals surface area contributed by atoms with Crippen LogP contribution in [0.4, 0.5) is 4.39 Å². The van der Waals surface area contributed by atoms with Crippen LogP contribution in [0.15, 0.2) is 104 Å². The molecule has 2 aromatic carbocycles. The summed E-state index contributed by atoms with van der Waals surface area (Å²) in [6.45, 7) is 0. The van der Waals surface area contributed by atoms with Gasteiger partial charge in [0.1, 0.15) is 11.4 Å². The van der Waals surface area contributed by atoms with Crippen LogP contribution in [0.1, 0.15) is 41.1 Å². The third-order valence-electron chi connectivity index (χ3n) is 5.84. The molecule has 6 heteroatoms. The Balaban J connectivity index is 1.66. The molecular formula is C28H26FN3O2. The van der Waals surface area contributed by atoms with Crippen LogP contribution >= 0.6 is 0 Å². The summed E-state index contributed by atoms with van der Waals surface area (Å²) >= 11 is 0. The van der Waals surface area contributed by atoms with E-state index in [-0.39, 0.29) is 12.3 Å². The number of aryl methyl sites for hydroxylation is 1. The minimum Gasteiger partial charge on any atom is -0.378 e. The number of halogens is 1. The zero-order valence-corrected chi connectivity index (χ0v) is 18.6. The molecule has 1 amide bonds. The van der Waals surface area contributed by atoms with Crippen LogP contribution < -0.4 is 5.32 Å². The Bertz CT molecular complexity index is 1150. The Morgan fingerprint density at radius 3 is 2.06 bits per heavy atom. The maximum Gasteiger partial charge on any atom is 0.220 e. The lowest BCUT2D eigenvalue weighted by Crippen LogP contribution is -2.45. The number of nitrogens with zero attached hydrogens (tertiary/aromatic N) is 2. The lowest BCUT2D eigenvalue weighted by atomic mass is 9.78. The number of benzene rings is 2. The summed E-state index contributed by atoms with van der Waals surface area (Å²) in [4.78, 5) is 21.4. The van der Waals surface area contributed by atoms with Crippen molar-refractivity contribution in [3.63, 3.8) is 0 Å². The average molecular weight is 456 g/mol. The molecule has 2 heterocycles. The second-order valence-electron chi connectivity index (χ2n) is 8.14. The minimum atomic E-state index is -1.69. The van der Waals surface area contributed by atoms with Gasteiger partial charge < -0.3 is 10.4 Å². The monoisotopic (exact) mass is 455 g/mol. The fourth-order valence-electron chi connectivity index (χ4n) is 4.09. The largest absolute Gasteiger partial charge is 0.378 e. The lowest BCUT2D eigenvalue weighted by Gasteiger charge is -2.37. The Kier molecular flexibility index (Phi) is 7.40. The zero-order chi connectivity index (χ0) is 23.8. The number of hydrogen-bond acceptors (Lipinski definition) is 4. The molecule has 4 aromatic rings. The number of rotatable bonds is 9. The first-order valence-electron chi connectivity index (χ1n) is 11.2. The molecule has 0 aliphatic rings. The van der Waals surface area contributed by atoms with Crippen LogP contribution in [0.5, 0.6) is 0 Å². The standard InChI is InChI=1S/C28H26FN3O2/c29-25-15-13-22(14-16-25)27(32-26(33)12-4-9-21-7-2-1-3-8-21)28(34,23-10-5-17-30-19-23)24-11-6-18-31-20-24/h1-3,5-8,10-11,13-20,27,34H,4,9,12H2,(H,32,33)/t27-/m1/s1. The number of hydrogen-bond donors (Lipinski definition) is 2. The van der Waals surface area contributed by atoms with Crippen molar-refractivity contribution < 1.29 is 14.3 Å². The Labute approximate surface area is 198 Å². The van der Waals surface area contributed by atoms with Gasteiger partial charge in [0, 0.05) is 42.3 Å². The van der Waals surface area contributed by atoms with E-state index in [1.54, 1.807) is 61.2 Å². The van der Waals surface area contributed by atoms with Gasteiger partial charge in [-0.3, -0.25) is 14.8 Å². The number of nitrogens with one attached hydrogen (secondary N) is 1. The van der Waals surface area contributed by atoms with E-state index in [1.807, 2.05) is 30.3 Å². The van der Waals surface area contributed by atoms with E-state index in [9.17, 15) is 14.3 Å². The molecule has 0 unspecified atom stereocenters. The van der Waals surface area contributed by atoms with Gasteiger partial charge in [-0.1, -0.05) is 54.6 Å². The Morgan fingerprint density at radius 1 is 0.882 bits per heavy atom. The molecule has 4 rings (SSSR count). The number of carbonyl (C=O) groups excluding carboxylic acids is 1. The van der Waals surface area contributed by atoms with Gasteiger partial charge in [0.15, 0.2) is 0 Å². The summed E-state index contributed by atoms with van der Waals surface area (Å²) in [5.41, 5.74) is 1.01. The van der Waals surface area contributed by atoms with E-state index in [1.165, 1.54) is 12.1 Å². The quantitative estimate of drug-likeness (QED) is 0.383. The van der Waals surface area contributed by atoms with E-state index in [4.69, 9.17) is 0 Å². The van der Waals surface area contributed by atoms with Crippen molar-refractivity contribution in [1.29, 1.82) is 0 Å². The first-order chi connectivity index (χ1) is 16.6. The van der Waals surface area contributed by atoms with Crippen LogP contribution in [0.25, 0.3) is 0 Å². The number of pyridine rings is 2. The fraction of sp³-hybridized carbons (Fsp3) is 0.179. The fourth-order valence-corrected chi connectivity index (χ4v) is 4.09. The van der Waals surface area contributed by atoms with E-state index in [0.29, 0.717) is 23.1 Å².